The van der Waals surface area contributed by atoms with E-state index in [9.17, 15) is 5.11 Å². The van der Waals surface area contributed by atoms with Crippen LogP contribution in [0.5, 0.6) is 5.75 Å². The zero-order valence-corrected chi connectivity index (χ0v) is 13.7. The fraction of sp³-hybridized carbons (Fsp3) is 0.667. The Kier molecular flexibility index (Phi) is 5.28. The van der Waals surface area contributed by atoms with Gasteiger partial charge in [-0.3, -0.25) is 0 Å². The first kappa shape index (κ1) is 16.3. The van der Waals surface area contributed by atoms with Gasteiger partial charge in [0.15, 0.2) is 0 Å². The van der Waals surface area contributed by atoms with E-state index in [0.717, 1.165) is 12.2 Å². The van der Waals surface area contributed by atoms with Gasteiger partial charge in [-0.1, -0.05) is 26.0 Å². The van der Waals surface area contributed by atoms with Crippen molar-refractivity contribution in [2.24, 2.45) is 0 Å². The van der Waals surface area contributed by atoms with Gasteiger partial charge >= 0.3 is 0 Å². The molecule has 1 fully saturated rings. The number of hydrogen-bond donors (Lipinski definition) is 2. The summed E-state index contributed by atoms with van der Waals surface area (Å²) in [6.07, 6.45) is 3.31. The minimum atomic E-state index is -0.252. The van der Waals surface area contributed by atoms with Gasteiger partial charge in [0.2, 0.25) is 0 Å². The number of ether oxygens (including phenoxy) is 1. The molecule has 0 aromatic heterocycles. The summed E-state index contributed by atoms with van der Waals surface area (Å²) in [6, 6.07) is 8.91. The summed E-state index contributed by atoms with van der Waals surface area (Å²) in [5, 5.41) is 13.2. The summed E-state index contributed by atoms with van der Waals surface area (Å²) in [6.45, 7) is 8.67. The van der Waals surface area contributed by atoms with Crippen molar-refractivity contribution >= 4 is 0 Å². The van der Waals surface area contributed by atoms with Crippen LogP contribution in [0.4, 0.5) is 0 Å². The fourth-order valence-electron chi connectivity index (χ4n) is 2.73. The van der Waals surface area contributed by atoms with E-state index in [-0.39, 0.29) is 18.2 Å². The molecule has 3 nitrogen and oxygen atoms in total. The lowest BCUT2D eigenvalue weighted by atomic mass is 9.95. The van der Waals surface area contributed by atoms with Crippen LogP contribution in [0.2, 0.25) is 0 Å². The molecule has 0 aliphatic heterocycles. The van der Waals surface area contributed by atoms with Crippen LogP contribution >= 0.6 is 0 Å². The Balaban J connectivity index is 1.88. The molecule has 0 amide bonds. The van der Waals surface area contributed by atoms with Crippen LogP contribution < -0.4 is 10.1 Å². The van der Waals surface area contributed by atoms with Crippen LogP contribution in [0.15, 0.2) is 24.3 Å². The van der Waals surface area contributed by atoms with Crippen LogP contribution in [-0.4, -0.2) is 29.4 Å². The Morgan fingerprint density at radius 2 is 1.86 bits per heavy atom. The highest BCUT2D eigenvalue weighted by Crippen LogP contribution is 2.26. The molecule has 0 saturated heterocycles. The van der Waals surface area contributed by atoms with Crippen molar-refractivity contribution in [1.82, 2.24) is 5.32 Å². The molecule has 1 aliphatic carbocycles. The Bertz CT molecular complexity index is 439. The first-order valence-electron chi connectivity index (χ1n) is 8.07. The largest absolute Gasteiger partial charge is 0.491 e. The van der Waals surface area contributed by atoms with Gasteiger partial charge in [0.1, 0.15) is 5.75 Å². The molecule has 1 aromatic rings. The Labute approximate surface area is 128 Å². The zero-order valence-electron chi connectivity index (χ0n) is 13.7. The second kappa shape index (κ2) is 6.80. The fourth-order valence-corrected chi connectivity index (χ4v) is 2.73. The normalized spacial score (nSPS) is 19.3. The van der Waals surface area contributed by atoms with Crippen LogP contribution in [0.25, 0.3) is 0 Å². The van der Waals surface area contributed by atoms with E-state index in [1.807, 2.05) is 12.1 Å². The molecule has 21 heavy (non-hydrogen) atoms. The molecule has 0 heterocycles. The minimum absolute atomic E-state index is 0.0679. The van der Waals surface area contributed by atoms with Crippen molar-refractivity contribution in [2.75, 3.05) is 6.61 Å². The molecule has 0 bridgehead atoms. The van der Waals surface area contributed by atoms with Crippen LogP contribution in [-0.2, 0) is 0 Å². The number of benzene rings is 1. The number of aliphatic hydroxyl groups excluding tert-OH is 1. The second-order valence-electron chi connectivity index (χ2n) is 6.99. The Hall–Kier alpha value is -1.06. The van der Waals surface area contributed by atoms with E-state index in [1.165, 1.54) is 18.4 Å². The predicted molar refractivity (Wildman–Crippen MR) is 86.9 cm³/mol. The smallest absolute Gasteiger partial charge is 0.119 e. The van der Waals surface area contributed by atoms with E-state index >= 15 is 0 Å². The number of hydrogen-bond acceptors (Lipinski definition) is 3. The van der Waals surface area contributed by atoms with Gasteiger partial charge in [0, 0.05) is 18.0 Å². The molecule has 2 atom stereocenters. The molecule has 1 aliphatic rings. The van der Waals surface area contributed by atoms with E-state index < -0.39 is 0 Å². The maximum absolute atomic E-state index is 9.66. The standard InChI is InChI=1S/C18H29NO2/c1-13(2)15-5-9-17(10-6-15)21-14(3)11-18(4,12-20)19-16-7-8-16/h5-6,9-10,13-14,16,19-20H,7-8,11-12H2,1-4H3. The topological polar surface area (TPSA) is 41.5 Å². The molecule has 2 rings (SSSR count). The Morgan fingerprint density at radius 1 is 1.24 bits per heavy atom. The number of rotatable bonds is 8. The van der Waals surface area contributed by atoms with Gasteiger partial charge < -0.3 is 15.2 Å². The quantitative estimate of drug-likeness (QED) is 0.770. The molecular weight excluding hydrogens is 262 g/mol. The molecule has 118 valence electrons. The average molecular weight is 291 g/mol. The van der Waals surface area contributed by atoms with E-state index in [0.29, 0.717) is 12.0 Å². The first-order chi connectivity index (χ1) is 9.92. The van der Waals surface area contributed by atoms with Gasteiger partial charge in [-0.05, 0) is 50.3 Å². The maximum Gasteiger partial charge on any atom is 0.119 e. The van der Waals surface area contributed by atoms with Gasteiger partial charge in [0.05, 0.1) is 12.7 Å². The van der Waals surface area contributed by atoms with Crippen molar-refractivity contribution in [3.8, 4) is 5.75 Å². The summed E-state index contributed by atoms with van der Waals surface area (Å²) in [4.78, 5) is 0. The molecular formula is C18H29NO2. The van der Waals surface area contributed by atoms with E-state index in [4.69, 9.17) is 4.74 Å². The summed E-state index contributed by atoms with van der Waals surface area (Å²) >= 11 is 0. The molecule has 2 unspecified atom stereocenters. The first-order valence-corrected chi connectivity index (χ1v) is 8.07. The summed E-state index contributed by atoms with van der Waals surface area (Å²) < 4.78 is 6.00. The van der Waals surface area contributed by atoms with Gasteiger partial charge in [-0.2, -0.15) is 0 Å². The molecule has 1 saturated carbocycles. The van der Waals surface area contributed by atoms with Crippen molar-refractivity contribution in [3.05, 3.63) is 29.8 Å². The highest BCUT2D eigenvalue weighted by molar-refractivity contribution is 5.29. The van der Waals surface area contributed by atoms with Gasteiger partial charge in [-0.15, -0.1) is 0 Å². The third-order valence-electron chi connectivity index (χ3n) is 4.10. The zero-order chi connectivity index (χ0) is 15.5. The van der Waals surface area contributed by atoms with Crippen LogP contribution in [0.3, 0.4) is 0 Å². The monoisotopic (exact) mass is 291 g/mol. The molecule has 0 spiro atoms. The third kappa shape index (κ3) is 5.01. The van der Waals surface area contributed by atoms with E-state index in [1.54, 1.807) is 0 Å². The summed E-state index contributed by atoms with van der Waals surface area (Å²) in [7, 11) is 0. The highest BCUT2D eigenvalue weighted by Gasteiger charge is 2.33. The van der Waals surface area contributed by atoms with Crippen molar-refractivity contribution in [2.45, 2.75) is 70.6 Å². The van der Waals surface area contributed by atoms with Crippen LogP contribution in [0, 0.1) is 0 Å². The lowest BCUT2D eigenvalue weighted by Crippen LogP contribution is -2.49. The van der Waals surface area contributed by atoms with Crippen molar-refractivity contribution in [3.63, 3.8) is 0 Å². The van der Waals surface area contributed by atoms with Gasteiger partial charge in [0.25, 0.3) is 0 Å². The average Bonchev–Trinajstić information content (AvgIpc) is 3.22. The highest BCUT2D eigenvalue weighted by atomic mass is 16.5. The van der Waals surface area contributed by atoms with Gasteiger partial charge in [-0.25, -0.2) is 0 Å². The van der Waals surface area contributed by atoms with E-state index in [2.05, 4.69) is 45.1 Å². The predicted octanol–water partition coefficient (Wildman–Crippen LogP) is 3.47. The second-order valence-corrected chi connectivity index (χ2v) is 6.99. The lowest BCUT2D eigenvalue weighted by molar-refractivity contribution is 0.108. The minimum Gasteiger partial charge on any atom is -0.491 e. The lowest BCUT2D eigenvalue weighted by Gasteiger charge is -2.32. The molecule has 2 N–H and O–H groups in total. The summed E-state index contributed by atoms with van der Waals surface area (Å²) in [5.74, 6) is 1.44. The summed E-state index contributed by atoms with van der Waals surface area (Å²) in [5.41, 5.74) is 1.07. The molecule has 3 heteroatoms. The molecule has 1 aromatic carbocycles. The number of aliphatic hydroxyl groups is 1. The SMILES string of the molecule is CC(CC(C)(CO)NC1CC1)Oc1ccc(C(C)C)cc1. The number of nitrogens with one attached hydrogen (secondary N) is 1. The van der Waals surface area contributed by atoms with Crippen LogP contribution in [0.1, 0.15) is 58.4 Å². The van der Waals surface area contributed by atoms with Crippen molar-refractivity contribution in [1.29, 1.82) is 0 Å². The Morgan fingerprint density at radius 3 is 2.33 bits per heavy atom. The van der Waals surface area contributed by atoms with Crippen molar-refractivity contribution < 1.29 is 9.84 Å². The molecule has 0 radical (unpaired) electrons. The third-order valence-corrected chi connectivity index (χ3v) is 4.10. The maximum atomic E-state index is 9.66.